The van der Waals surface area contributed by atoms with Gasteiger partial charge in [0.15, 0.2) is 5.82 Å². The highest BCUT2D eigenvalue weighted by atomic mass is 16.5. The van der Waals surface area contributed by atoms with Gasteiger partial charge in [-0.05, 0) is 13.3 Å². The SMILES string of the molecule is CCCCCCCCCCCc1nc(C(C)O)no1. The molecule has 4 heteroatoms. The minimum atomic E-state index is -0.638. The number of hydrogen-bond donors (Lipinski definition) is 1. The van der Waals surface area contributed by atoms with Crippen LogP contribution in [-0.2, 0) is 6.42 Å². The molecule has 0 aliphatic heterocycles. The van der Waals surface area contributed by atoms with Crippen LogP contribution in [0.5, 0.6) is 0 Å². The Kier molecular flexibility index (Phi) is 8.47. The average Bonchev–Trinajstić information content (AvgIpc) is 2.86. The summed E-state index contributed by atoms with van der Waals surface area (Å²) in [4.78, 5) is 4.15. The summed E-state index contributed by atoms with van der Waals surface area (Å²) < 4.78 is 5.08. The second kappa shape index (κ2) is 9.96. The smallest absolute Gasteiger partial charge is 0.226 e. The molecule has 1 unspecified atom stereocenters. The van der Waals surface area contributed by atoms with Crippen molar-refractivity contribution in [1.82, 2.24) is 10.1 Å². The number of nitrogens with zero attached hydrogens (tertiary/aromatic N) is 2. The van der Waals surface area contributed by atoms with Gasteiger partial charge in [0, 0.05) is 6.42 Å². The molecule has 0 aliphatic rings. The number of hydrogen-bond acceptors (Lipinski definition) is 4. The zero-order valence-corrected chi connectivity index (χ0v) is 12.4. The summed E-state index contributed by atoms with van der Waals surface area (Å²) >= 11 is 0. The van der Waals surface area contributed by atoms with Crippen molar-refractivity contribution in [3.8, 4) is 0 Å². The Balaban J connectivity index is 1.95. The van der Waals surface area contributed by atoms with E-state index in [4.69, 9.17) is 4.52 Å². The third-order valence-electron chi connectivity index (χ3n) is 3.35. The Hall–Kier alpha value is -0.900. The van der Waals surface area contributed by atoms with Gasteiger partial charge in [-0.1, -0.05) is 63.4 Å². The van der Waals surface area contributed by atoms with E-state index >= 15 is 0 Å². The quantitative estimate of drug-likeness (QED) is 0.611. The highest BCUT2D eigenvalue weighted by Gasteiger charge is 2.10. The fourth-order valence-corrected chi connectivity index (χ4v) is 2.13. The second-order valence-electron chi connectivity index (χ2n) is 5.30. The van der Waals surface area contributed by atoms with Crippen LogP contribution in [0.4, 0.5) is 0 Å². The Morgan fingerprint density at radius 3 is 2.11 bits per heavy atom. The standard InChI is InChI=1S/C15H28N2O2/c1-3-4-5-6-7-8-9-10-11-12-14-16-15(13(2)18)17-19-14/h13,18H,3-12H2,1-2H3. The third-order valence-corrected chi connectivity index (χ3v) is 3.35. The van der Waals surface area contributed by atoms with Crippen LogP contribution in [0.2, 0.25) is 0 Å². The number of rotatable bonds is 11. The van der Waals surface area contributed by atoms with Crippen LogP contribution in [0.25, 0.3) is 0 Å². The van der Waals surface area contributed by atoms with E-state index in [2.05, 4.69) is 17.1 Å². The number of aliphatic hydroxyl groups excluding tert-OH is 1. The van der Waals surface area contributed by atoms with Crippen molar-refractivity contribution < 1.29 is 9.63 Å². The van der Waals surface area contributed by atoms with Crippen LogP contribution in [0.15, 0.2) is 4.52 Å². The molecule has 0 fully saturated rings. The highest BCUT2D eigenvalue weighted by molar-refractivity contribution is 4.88. The van der Waals surface area contributed by atoms with E-state index in [-0.39, 0.29) is 0 Å². The molecular weight excluding hydrogens is 240 g/mol. The Labute approximate surface area is 116 Å². The maximum Gasteiger partial charge on any atom is 0.226 e. The second-order valence-corrected chi connectivity index (χ2v) is 5.30. The summed E-state index contributed by atoms with van der Waals surface area (Å²) in [5.41, 5.74) is 0. The molecule has 4 nitrogen and oxygen atoms in total. The Morgan fingerprint density at radius 1 is 1.00 bits per heavy atom. The Bertz CT molecular complexity index is 324. The normalized spacial score (nSPS) is 12.8. The summed E-state index contributed by atoms with van der Waals surface area (Å²) in [5, 5.41) is 13.0. The minimum absolute atomic E-state index is 0.394. The molecule has 19 heavy (non-hydrogen) atoms. The summed E-state index contributed by atoms with van der Waals surface area (Å²) in [6.45, 7) is 3.90. The molecule has 110 valence electrons. The lowest BCUT2D eigenvalue weighted by molar-refractivity contribution is 0.184. The van der Waals surface area contributed by atoms with E-state index in [1.807, 2.05) is 0 Å². The van der Waals surface area contributed by atoms with Crippen molar-refractivity contribution in [2.45, 2.75) is 84.2 Å². The van der Waals surface area contributed by atoms with Crippen molar-refractivity contribution in [2.75, 3.05) is 0 Å². The lowest BCUT2D eigenvalue weighted by atomic mass is 10.1. The summed E-state index contributed by atoms with van der Waals surface area (Å²) in [5.74, 6) is 1.05. The van der Waals surface area contributed by atoms with Crippen molar-refractivity contribution in [1.29, 1.82) is 0 Å². The first-order chi connectivity index (χ1) is 9.24. The number of unbranched alkanes of at least 4 members (excludes halogenated alkanes) is 8. The van der Waals surface area contributed by atoms with Gasteiger partial charge in [-0.3, -0.25) is 0 Å². The Morgan fingerprint density at radius 2 is 1.58 bits per heavy atom. The van der Waals surface area contributed by atoms with Crippen LogP contribution >= 0.6 is 0 Å². The zero-order chi connectivity index (χ0) is 13.9. The topological polar surface area (TPSA) is 59.2 Å². The molecule has 1 aromatic rings. The van der Waals surface area contributed by atoms with E-state index in [9.17, 15) is 5.11 Å². The number of aromatic nitrogens is 2. The van der Waals surface area contributed by atoms with Gasteiger partial charge in [-0.25, -0.2) is 0 Å². The molecule has 1 aromatic heterocycles. The molecule has 1 heterocycles. The van der Waals surface area contributed by atoms with Gasteiger partial charge < -0.3 is 9.63 Å². The molecule has 0 aromatic carbocycles. The molecule has 0 saturated heterocycles. The van der Waals surface area contributed by atoms with Crippen LogP contribution < -0.4 is 0 Å². The minimum Gasteiger partial charge on any atom is -0.385 e. The van der Waals surface area contributed by atoms with Crippen LogP contribution in [-0.4, -0.2) is 15.2 Å². The van der Waals surface area contributed by atoms with E-state index in [0.717, 1.165) is 12.8 Å². The molecule has 0 amide bonds. The summed E-state index contributed by atoms with van der Waals surface area (Å²) in [6, 6.07) is 0. The van der Waals surface area contributed by atoms with E-state index in [0.29, 0.717) is 11.7 Å². The van der Waals surface area contributed by atoms with E-state index in [1.165, 1.54) is 51.4 Å². The van der Waals surface area contributed by atoms with E-state index in [1.54, 1.807) is 6.92 Å². The first-order valence-electron chi connectivity index (χ1n) is 7.74. The van der Waals surface area contributed by atoms with Gasteiger partial charge in [0.1, 0.15) is 6.10 Å². The lowest BCUT2D eigenvalue weighted by Crippen LogP contribution is -1.94. The van der Waals surface area contributed by atoms with Crippen molar-refractivity contribution in [3.63, 3.8) is 0 Å². The molecule has 1 rings (SSSR count). The predicted octanol–water partition coefficient (Wildman–Crippen LogP) is 4.20. The van der Waals surface area contributed by atoms with Gasteiger partial charge in [-0.2, -0.15) is 4.98 Å². The monoisotopic (exact) mass is 268 g/mol. The molecule has 0 aliphatic carbocycles. The maximum absolute atomic E-state index is 9.28. The largest absolute Gasteiger partial charge is 0.385 e. The number of aliphatic hydroxyl groups is 1. The zero-order valence-electron chi connectivity index (χ0n) is 12.4. The first-order valence-corrected chi connectivity index (χ1v) is 7.74. The number of aryl methyl sites for hydroxylation is 1. The summed E-state index contributed by atoms with van der Waals surface area (Å²) in [6.07, 6.45) is 12.0. The van der Waals surface area contributed by atoms with Crippen molar-refractivity contribution in [3.05, 3.63) is 11.7 Å². The molecule has 0 bridgehead atoms. The summed E-state index contributed by atoms with van der Waals surface area (Å²) in [7, 11) is 0. The van der Waals surface area contributed by atoms with Gasteiger partial charge in [-0.15, -0.1) is 0 Å². The average molecular weight is 268 g/mol. The van der Waals surface area contributed by atoms with Gasteiger partial charge in [0.25, 0.3) is 0 Å². The van der Waals surface area contributed by atoms with Crippen LogP contribution in [0, 0.1) is 0 Å². The molecular formula is C15H28N2O2. The third kappa shape index (κ3) is 7.31. The fourth-order valence-electron chi connectivity index (χ4n) is 2.13. The highest BCUT2D eigenvalue weighted by Crippen LogP contribution is 2.12. The van der Waals surface area contributed by atoms with Crippen LogP contribution in [0.1, 0.15) is 89.5 Å². The van der Waals surface area contributed by atoms with E-state index < -0.39 is 6.10 Å². The van der Waals surface area contributed by atoms with Gasteiger partial charge in [0.2, 0.25) is 5.89 Å². The molecule has 0 spiro atoms. The lowest BCUT2D eigenvalue weighted by Gasteiger charge is -2.00. The fraction of sp³-hybridized carbons (Fsp3) is 0.867. The first kappa shape index (κ1) is 16.2. The van der Waals surface area contributed by atoms with Gasteiger partial charge >= 0.3 is 0 Å². The van der Waals surface area contributed by atoms with Crippen LogP contribution in [0.3, 0.4) is 0 Å². The molecule has 1 N–H and O–H groups in total. The van der Waals surface area contributed by atoms with Gasteiger partial charge in [0.05, 0.1) is 0 Å². The maximum atomic E-state index is 9.28. The van der Waals surface area contributed by atoms with Crippen molar-refractivity contribution >= 4 is 0 Å². The van der Waals surface area contributed by atoms with Crippen molar-refractivity contribution in [2.24, 2.45) is 0 Å². The molecule has 0 radical (unpaired) electrons. The molecule has 1 atom stereocenters. The predicted molar refractivity (Wildman–Crippen MR) is 75.9 cm³/mol. The molecule has 0 saturated carbocycles.